The summed E-state index contributed by atoms with van der Waals surface area (Å²) in [6, 6.07) is 27.6. The summed E-state index contributed by atoms with van der Waals surface area (Å²) in [5, 5.41) is 6.75. The van der Waals surface area contributed by atoms with Crippen molar-refractivity contribution in [2.24, 2.45) is 5.10 Å². The number of rotatable bonds is 11. The molecule has 216 valence electrons. The number of hydrogen-bond acceptors (Lipinski definition) is 6. The maximum Gasteiger partial charge on any atom is 0.264 e. The van der Waals surface area contributed by atoms with E-state index in [1.54, 1.807) is 54.6 Å². The van der Waals surface area contributed by atoms with E-state index < -0.39 is 22.5 Å². The van der Waals surface area contributed by atoms with Crippen molar-refractivity contribution in [3.63, 3.8) is 0 Å². The van der Waals surface area contributed by atoms with Gasteiger partial charge in [-0.1, -0.05) is 42.0 Å². The second-order valence-electron chi connectivity index (χ2n) is 9.74. The average molecular weight is 585 g/mol. The molecule has 10 heteroatoms. The molecule has 4 aromatic carbocycles. The van der Waals surface area contributed by atoms with E-state index in [0.717, 1.165) is 21.0 Å². The number of benzene rings is 4. The fraction of sp³-hybridized carbons (Fsp3) is 0.156. The molecule has 0 saturated carbocycles. The lowest BCUT2D eigenvalue weighted by molar-refractivity contribution is -0.119. The van der Waals surface area contributed by atoms with E-state index in [1.807, 2.05) is 51.1 Å². The molecule has 0 spiro atoms. The molecule has 2 N–H and O–H groups in total. The number of amides is 2. The zero-order valence-electron chi connectivity index (χ0n) is 23.6. The van der Waals surface area contributed by atoms with Gasteiger partial charge in [-0.3, -0.25) is 13.9 Å². The molecule has 2 amide bonds. The van der Waals surface area contributed by atoms with E-state index in [2.05, 4.69) is 15.8 Å². The van der Waals surface area contributed by atoms with Crippen LogP contribution >= 0.6 is 0 Å². The zero-order chi connectivity index (χ0) is 30.1. The summed E-state index contributed by atoms with van der Waals surface area (Å²) in [6.07, 6.45) is 1.43. The van der Waals surface area contributed by atoms with E-state index in [-0.39, 0.29) is 17.4 Å². The van der Waals surface area contributed by atoms with Gasteiger partial charge in [0.2, 0.25) is 0 Å². The van der Waals surface area contributed by atoms with Crippen molar-refractivity contribution >= 4 is 39.4 Å². The SMILES string of the molecule is Cc1ccc(NC(=O)COc2ccc(/C=N\NC(=O)CN(c3cc(C)cc(C)c3)S(=O)(=O)c3ccccc3)cc2)cc1. The van der Waals surface area contributed by atoms with Gasteiger partial charge < -0.3 is 10.1 Å². The Morgan fingerprint density at radius 1 is 0.810 bits per heavy atom. The first-order valence-electron chi connectivity index (χ1n) is 13.2. The highest BCUT2D eigenvalue weighted by Gasteiger charge is 2.27. The normalized spacial score (nSPS) is 11.2. The molecule has 0 aromatic heterocycles. The fourth-order valence-corrected chi connectivity index (χ4v) is 5.53. The number of carbonyl (C=O) groups is 2. The van der Waals surface area contributed by atoms with Gasteiger partial charge in [0.25, 0.3) is 21.8 Å². The molecule has 0 radical (unpaired) electrons. The molecule has 42 heavy (non-hydrogen) atoms. The van der Waals surface area contributed by atoms with Crippen molar-refractivity contribution in [1.29, 1.82) is 0 Å². The topological polar surface area (TPSA) is 117 Å². The summed E-state index contributed by atoms with van der Waals surface area (Å²) in [7, 11) is -4.02. The van der Waals surface area contributed by atoms with Gasteiger partial charge in [0.15, 0.2) is 6.61 Å². The summed E-state index contributed by atoms with van der Waals surface area (Å²) in [5.41, 5.74) is 6.99. The lowest BCUT2D eigenvalue weighted by Gasteiger charge is -2.24. The molecule has 0 aliphatic rings. The number of hydrazone groups is 1. The lowest BCUT2D eigenvalue weighted by atomic mass is 10.1. The number of sulfonamides is 1. The molecule has 0 aliphatic carbocycles. The van der Waals surface area contributed by atoms with E-state index in [0.29, 0.717) is 22.7 Å². The first-order valence-corrected chi connectivity index (χ1v) is 14.6. The number of ether oxygens (including phenoxy) is 1. The summed E-state index contributed by atoms with van der Waals surface area (Å²) in [4.78, 5) is 25.1. The van der Waals surface area contributed by atoms with E-state index >= 15 is 0 Å². The highest BCUT2D eigenvalue weighted by atomic mass is 32.2. The standard InChI is InChI=1S/C32H32N4O5S/c1-23-9-13-27(14-10-23)34-32(38)22-41-29-15-11-26(12-16-29)20-33-35-31(37)21-36(28-18-24(2)17-25(3)19-28)42(39,40)30-7-5-4-6-8-30/h4-20H,21-22H2,1-3H3,(H,34,38)(H,35,37)/b33-20-. The Bertz CT molecular complexity index is 1650. The van der Waals surface area contributed by atoms with Crippen LogP contribution in [0.5, 0.6) is 5.75 Å². The molecule has 4 rings (SSSR count). The molecular weight excluding hydrogens is 552 g/mol. The molecule has 0 fully saturated rings. The van der Waals surface area contributed by atoms with Crippen molar-refractivity contribution in [3.05, 3.63) is 119 Å². The van der Waals surface area contributed by atoms with Gasteiger partial charge in [-0.05, 0) is 98.1 Å². The van der Waals surface area contributed by atoms with Gasteiger partial charge in [0.1, 0.15) is 12.3 Å². The molecule has 4 aromatic rings. The molecule has 0 atom stereocenters. The monoisotopic (exact) mass is 584 g/mol. The number of aryl methyl sites for hydroxylation is 3. The van der Waals surface area contributed by atoms with Gasteiger partial charge in [0.05, 0.1) is 16.8 Å². The molecular formula is C32H32N4O5S. The number of nitrogens with one attached hydrogen (secondary N) is 2. The number of anilines is 2. The third-order valence-corrected chi connectivity index (χ3v) is 7.89. The highest BCUT2D eigenvalue weighted by molar-refractivity contribution is 7.92. The molecule has 9 nitrogen and oxygen atoms in total. The summed E-state index contributed by atoms with van der Waals surface area (Å²) < 4.78 is 33.6. The van der Waals surface area contributed by atoms with Gasteiger partial charge >= 0.3 is 0 Å². The first-order chi connectivity index (χ1) is 20.1. The van der Waals surface area contributed by atoms with Crippen LogP contribution < -0.4 is 19.8 Å². The minimum atomic E-state index is -4.02. The third kappa shape index (κ3) is 8.28. The van der Waals surface area contributed by atoms with Crippen molar-refractivity contribution in [2.75, 3.05) is 22.8 Å². The van der Waals surface area contributed by atoms with Crippen LogP contribution in [0.2, 0.25) is 0 Å². The Labute approximate surface area is 245 Å². The Morgan fingerprint density at radius 2 is 1.45 bits per heavy atom. The second kappa shape index (κ2) is 13.6. The van der Waals surface area contributed by atoms with Crippen LogP contribution in [-0.2, 0) is 19.6 Å². The fourth-order valence-electron chi connectivity index (χ4n) is 4.11. The van der Waals surface area contributed by atoms with Crippen molar-refractivity contribution < 1.29 is 22.7 Å². The van der Waals surface area contributed by atoms with Crippen LogP contribution in [0.4, 0.5) is 11.4 Å². The van der Waals surface area contributed by atoms with Crippen LogP contribution in [0.15, 0.2) is 107 Å². The number of hydrogen-bond donors (Lipinski definition) is 2. The smallest absolute Gasteiger partial charge is 0.264 e. The Kier molecular flexibility index (Phi) is 9.72. The van der Waals surface area contributed by atoms with Crippen molar-refractivity contribution in [3.8, 4) is 5.75 Å². The van der Waals surface area contributed by atoms with Crippen LogP contribution in [0.1, 0.15) is 22.3 Å². The van der Waals surface area contributed by atoms with Gasteiger partial charge in [-0.2, -0.15) is 5.10 Å². The molecule has 0 aliphatic heterocycles. The van der Waals surface area contributed by atoms with Crippen LogP contribution in [-0.4, -0.2) is 39.6 Å². The Hall–Kier alpha value is -4.96. The van der Waals surface area contributed by atoms with E-state index in [9.17, 15) is 18.0 Å². The maximum atomic E-state index is 13.5. The zero-order valence-corrected chi connectivity index (χ0v) is 24.4. The van der Waals surface area contributed by atoms with Crippen LogP contribution in [0, 0.1) is 20.8 Å². The number of carbonyl (C=O) groups excluding carboxylic acids is 2. The van der Waals surface area contributed by atoms with Gasteiger partial charge in [-0.15, -0.1) is 0 Å². The van der Waals surface area contributed by atoms with Crippen LogP contribution in [0.25, 0.3) is 0 Å². The highest BCUT2D eigenvalue weighted by Crippen LogP contribution is 2.25. The Balaban J connectivity index is 1.35. The summed E-state index contributed by atoms with van der Waals surface area (Å²) >= 11 is 0. The van der Waals surface area contributed by atoms with E-state index in [4.69, 9.17) is 4.74 Å². The molecule has 0 saturated heterocycles. The minimum absolute atomic E-state index is 0.0791. The molecule has 0 bridgehead atoms. The maximum absolute atomic E-state index is 13.5. The minimum Gasteiger partial charge on any atom is -0.484 e. The predicted octanol–water partition coefficient (Wildman–Crippen LogP) is 4.97. The lowest BCUT2D eigenvalue weighted by Crippen LogP contribution is -2.39. The predicted molar refractivity (Wildman–Crippen MR) is 164 cm³/mol. The largest absolute Gasteiger partial charge is 0.484 e. The average Bonchev–Trinajstić information content (AvgIpc) is 2.96. The van der Waals surface area contributed by atoms with Crippen molar-refractivity contribution in [2.45, 2.75) is 25.7 Å². The Morgan fingerprint density at radius 3 is 2.10 bits per heavy atom. The quantitative estimate of drug-likeness (QED) is 0.191. The van der Waals surface area contributed by atoms with E-state index in [1.165, 1.54) is 18.3 Å². The third-order valence-electron chi connectivity index (χ3n) is 6.10. The molecule has 0 heterocycles. The van der Waals surface area contributed by atoms with Crippen LogP contribution in [0.3, 0.4) is 0 Å². The summed E-state index contributed by atoms with van der Waals surface area (Å²) in [6.45, 7) is 5.09. The van der Waals surface area contributed by atoms with Crippen molar-refractivity contribution in [1.82, 2.24) is 5.43 Å². The van der Waals surface area contributed by atoms with Gasteiger partial charge in [-0.25, -0.2) is 13.8 Å². The molecule has 0 unspecified atom stereocenters. The van der Waals surface area contributed by atoms with Gasteiger partial charge in [0, 0.05) is 5.69 Å². The second-order valence-corrected chi connectivity index (χ2v) is 11.6. The first kappa shape index (κ1) is 30.0. The number of nitrogens with zero attached hydrogens (tertiary/aromatic N) is 2. The summed E-state index contributed by atoms with van der Waals surface area (Å²) in [5.74, 6) is -0.397.